The monoisotopic (exact) mass is 319 g/mol. The van der Waals surface area contributed by atoms with Crippen LogP contribution >= 0.6 is 0 Å². The summed E-state index contributed by atoms with van der Waals surface area (Å²) >= 11 is 0. The van der Waals surface area contributed by atoms with Crippen molar-refractivity contribution in [2.45, 2.75) is 19.3 Å². The van der Waals surface area contributed by atoms with Gasteiger partial charge in [-0.25, -0.2) is 17.2 Å². The Hall–Kier alpha value is -1.37. The summed E-state index contributed by atoms with van der Waals surface area (Å²) in [5.74, 6) is -1.75. The Kier molecular flexibility index (Phi) is 5.03. The molecule has 0 N–H and O–H groups in total. The Bertz CT molecular complexity index is 598. The summed E-state index contributed by atoms with van der Waals surface area (Å²) in [5.41, 5.74) is 0.311. The van der Waals surface area contributed by atoms with Crippen LogP contribution in [0.1, 0.15) is 19.3 Å². The summed E-state index contributed by atoms with van der Waals surface area (Å²) in [4.78, 5) is 1.86. The highest BCUT2D eigenvalue weighted by Gasteiger charge is 2.18. The van der Waals surface area contributed by atoms with Crippen LogP contribution in [0, 0.1) is 11.6 Å². The van der Waals surface area contributed by atoms with Gasteiger partial charge in [0.2, 0.25) is 0 Å². The molecule has 2 rings (SSSR count). The van der Waals surface area contributed by atoms with Crippen LogP contribution in [0.4, 0.5) is 14.5 Å². The number of anilines is 1. The van der Waals surface area contributed by atoms with Crippen LogP contribution in [-0.2, 0) is 9.84 Å². The number of rotatable bonds is 5. The first-order valence-corrected chi connectivity index (χ1v) is 8.97. The molecule has 0 aliphatic carbocycles. The van der Waals surface area contributed by atoms with Crippen molar-refractivity contribution in [2.24, 2.45) is 0 Å². The van der Waals surface area contributed by atoms with Gasteiger partial charge in [0.25, 0.3) is 0 Å². The molecule has 4 nitrogen and oxygen atoms in total. The highest BCUT2D eigenvalue weighted by Crippen LogP contribution is 2.30. The number of nitrogens with zero attached hydrogens (tertiary/aromatic N) is 1. The third-order valence-corrected chi connectivity index (χ3v) is 4.32. The summed E-state index contributed by atoms with van der Waals surface area (Å²) < 4.78 is 54.8. The van der Waals surface area contributed by atoms with Crippen molar-refractivity contribution in [3.05, 3.63) is 23.8 Å². The van der Waals surface area contributed by atoms with E-state index in [1.165, 1.54) is 6.07 Å². The third kappa shape index (κ3) is 4.56. The molecule has 1 heterocycles. The molecular formula is C14H19F2NO3S. The van der Waals surface area contributed by atoms with Gasteiger partial charge in [-0.05, 0) is 19.3 Å². The molecule has 0 amide bonds. The van der Waals surface area contributed by atoms with Crippen molar-refractivity contribution in [2.75, 3.05) is 36.6 Å². The molecular weight excluding hydrogens is 300 g/mol. The standard InChI is InChI=1S/C14H19F2NO3S/c1-21(18,19)8-7-20-14-10-13(11(15)9-12(14)16)17-5-3-2-4-6-17/h9-10H,2-8H2,1H3. The molecule has 0 spiro atoms. The molecule has 0 atom stereocenters. The Morgan fingerprint density at radius 2 is 1.81 bits per heavy atom. The number of hydrogen-bond donors (Lipinski definition) is 0. The van der Waals surface area contributed by atoms with Gasteiger partial charge in [-0.3, -0.25) is 0 Å². The lowest BCUT2D eigenvalue weighted by Crippen LogP contribution is -2.30. The fourth-order valence-corrected chi connectivity index (χ4v) is 2.70. The molecule has 1 aliphatic heterocycles. The summed E-state index contributed by atoms with van der Waals surface area (Å²) in [6, 6.07) is 2.11. The molecule has 1 aromatic rings. The lowest BCUT2D eigenvalue weighted by molar-refractivity contribution is 0.321. The summed E-state index contributed by atoms with van der Waals surface area (Å²) in [6.07, 6.45) is 4.13. The molecule has 1 saturated heterocycles. The largest absolute Gasteiger partial charge is 0.489 e. The summed E-state index contributed by atoms with van der Waals surface area (Å²) in [7, 11) is -3.18. The van der Waals surface area contributed by atoms with Gasteiger partial charge in [-0.1, -0.05) is 0 Å². The van der Waals surface area contributed by atoms with Gasteiger partial charge in [-0.2, -0.15) is 0 Å². The smallest absolute Gasteiger partial charge is 0.168 e. The average Bonchev–Trinajstić information content (AvgIpc) is 2.41. The van der Waals surface area contributed by atoms with Crippen LogP contribution < -0.4 is 9.64 Å². The van der Waals surface area contributed by atoms with Crippen LogP contribution in [0.2, 0.25) is 0 Å². The van der Waals surface area contributed by atoms with Crippen molar-refractivity contribution in [3.8, 4) is 5.75 Å². The van der Waals surface area contributed by atoms with Gasteiger partial charge in [0.15, 0.2) is 21.4 Å². The van der Waals surface area contributed by atoms with E-state index in [2.05, 4.69) is 0 Å². The van der Waals surface area contributed by atoms with Crippen molar-refractivity contribution in [3.63, 3.8) is 0 Å². The van der Waals surface area contributed by atoms with Crippen LogP contribution in [0.15, 0.2) is 12.1 Å². The van der Waals surface area contributed by atoms with Crippen molar-refractivity contribution < 1.29 is 21.9 Å². The molecule has 1 fully saturated rings. The third-order valence-electron chi connectivity index (χ3n) is 3.41. The minimum atomic E-state index is -3.18. The van der Waals surface area contributed by atoms with E-state index in [0.717, 1.165) is 44.7 Å². The number of sulfone groups is 1. The molecule has 0 unspecified atom stereocenters. The van der Waals surface area contributed by atoms with E-state index in [1.807, 2.05) is 4.90 Å². The van der Waals surface area contributed by atoms with Gasteiger partial charge < -0.3 is 9.64 Å². The second-order valence-electron chi connectivity index (χ2n) is 5.26. The van der Waals surface area contributed by atoms with E-state index in [9.17, 15) is 17.2 Å². The first kappa shape index (κ1) is 16.0. The molecule has 0 bridgehead atoms. The number of benzene rings is 1. The minimum Gasteiger partial charge on any atom is -0.489 e. The summed E-state index contributed by atoms with van der Waals surface area (Å²) in [5, 5.41) is 0. The van der Waals surface area contributed by atoms with E-state index < -0.39 is 21.5 Å². The highest BCUT2D eigenvalue weighted by molar-refractivity contribution is 7.90. The summed E-state index contributed by atoms with van der Waals surface area (Å²) in [6.45, 7) is 1.30. The van der Waals surface area contributed by atoms with Crippen molar-refractivity contribution in [1.29, 1.82) is 0 Å². The van der Waals surface area contributed by atoms with E-state index in [1.54, 1.807) is 0 Å². The van der Waals surface area contributed by atoms with E-state index in [0.29, 0.717) is 5.69 Å². The fourth-order valence-electron chi connectivity index (χ4n) is 2.31. The topological polar surface area (TPSA) is 46.6 Å². The minimum absolute atomic E-state index is 0.111. The number of piperidine rings is 1. The van der Waals surface area contributed by atoms with E-state index >= 15 is 0 Å². The molecule has 118 valence electrons. The lowest BCUT2D eigenvalue weighted by Gasteiger charge is -2.29. The molecule has 1 aromatic carbocycles. The predicted molar refractivity (Wildman–Crippen MR) is 77.6 cm³/mol. The zero-order chi connectivity index (χ0) is 15.5. The predicted octanol–water partition coefficient (Wildman–Crippen LogP) is 2.38. The Balaban J connectivity index is 2.13. The Labute approximate surface area is 123 Å². The maximum atomic E-state index is 13.9. The SMILES string of the molecule is CS(=O)(=O)CCOc1cc(N2CCCCC2)c(F)cc1F. The maximum absolute atomic E-state index is 13.9. The number of halogens is 2. The zero-order valence-corrected chi connectivity index (χ0v) is 12.8. The normalized spacial score (nSPS) is 16.0. The molecule has 0 aromatic heterocycles. The quantitative estimate of drug-likeness (QED) is 0.836. The second kappa shape index (κ2) is 6.60. The van der Waals surface area contributed by atoms with E-state index in [4.69, 9.17) is 4.74 Å². The highest BCUT2D eigenvalue weighted by atomic mass is 32.2. The van der Waals surface area contributed by atoms with Crippen LogP contribution in [-0.4, -0.2) is 40.1 Å². The van der Waals surface area contributed by atoms with Gasteiger partial charge in [0.1, 0.15) is 12.4 Å². The van der Waals surface area contributed by atoms with Crippen LogP contribution in [0.25, 0.3) is 0 Å². The van der Waals surface area contributed by atoms with Crippen molar-refractivity contribution in [1.82, 2.24) is 0 Å². The first-order valence-electron chi connectivity index (χ1n) is 6.91. The fraction of sp³-hybridized carbons (Fsp3) is 0.571. The van der Waals surface area contributed by atoms with Crippen LogP contribution in [0.5, 0.6) is 5.75 Å². The van der Waals surface area contributed by atoms with Crippen LogP contribution in [0.3, 0.4) is 0 Å². The average molecular weight is 319 g/mol. The lowest BCUT2D eigenvalue weighted by atomic mass is 10.1. The zero-order valence-electron chi connectivity index (χ0n) is 11.9. The Morgan fingerprint density at radius 3 is 2.43 bits per heavy atom. The second-order valence-corrected chi connectivity index (χ2v) is 7.52. The van der Waals surface area contributed by atoms with Crippen molar-refractivity contribution >= 4 is 15.5 Å². The number of ether oxygens (including phenoxy) is 1. The van der Waals surface area contributed by atoms with E-state index in [-0.39, 0.29) is 18.1 Å². The van der Waals surface area contributed by atoms with Gasteiger partial charge in [-0.15, -0.1) is 0 Å². The molecule has 21 heavy (non-hydrogen) atoms. The molecule has 1 aliphatic rings. The van der Waals surface area contributed by atoms with Gasteiger partial charge >= 0.3 is 0 Å². The van der Waals surface area contributed by atoms with Gasteiger partial charge in [0.05, 0.1) is 11.4 Å². The Morgan fingerprint density at radius 1 is 1.14 bits per heavy atom. The van der Waals surface area contributed by atoms with Gasteiger partial charge in [0, 0.05) is 31.5 Å². The molecule has 7 heteroatoms. The maximum Gasteiger partial charge on any atom is 0.168 e. The molecule has 0 saturated carbocycles. The first-order chi connectivity index (χ1) is 9.87. The molecule has 0 radical (unpaired) electrons. The number of hydrogen-bond acceptors (Lipinski definition) is 4.